The van der Waals surface area contributed by atoms with Crippen molar-refractivity contribution in [2.24, 2.45) is 14.1 Å². The van der Waals surface area contributed by atoms with Crippen molar-refractivity contribution in [1.29, 1.82) is 0 Å². The molecule has 2 aromatic heterocycles. The van der Waals surface area contributed by atoms with Crippen LogP contribution in [0, 0.1) is 0 Å². The van der Waals surface area contributed by atoms with Crippen molar-refractivity contribution in [2.75, 3.05) is 19.9 Å². The van der Waals surface area contributed by atoms with Gasteiger partial charge in [-0.05, 0) is 30.5 Å². The molecule has 1 aliphatic heterocycles. The van der Waals surface area contributed by atoms with Crippen LogP contribution in [-0.2, 0) is 37.1 Å². The highest BCUT2D eigenvalue weighted by Crippen LogP contribution is 2.32. The van der Waals surface area contributed by atoms with Crippen LogP contribution in [0.3, 0.4) is 0 Å². The van der Waals surface area contributed by atoms with Crippen LogP contribution >= 0.6 is 11.8 Å². The lowest BCUT2D eigenvalue weighted by atomic mass is 10.1. The van der Waals surface area contributed by atoms with Gasteiger partial charge in [0.25, 0.3) is 0 Å². The summed E-state index contributed by atoms with van der Waals surface area (Å²) < 4.78 is 36.7. The molecule has 0 aliphatic carbocycles. The van der Waals surface area contributed by atoms with Crippen molar-refractivity contribution in [3.8, 4) is 17.3 Å². The fourth-order valence-corrected chi connectivity index (χ4v) is 5.44. The second-order valence-corrected chi connectivity index (χ2v) is 9.44. The number of nitrogens with zero attached hydrogens (tertiary/aromatic N) is 6. The Hall–Kier alpha value is -2.37. The molecule has 0 unspecified atom stereocenters. The van der Waals surface area contributed by atoms with Gasteiger partial charge in [-0.25, -0.2) is 8.42 Å². The normalized spacial score (nSPS) is 14.8. The average Bonchev–Trinajstić information content (AvgIpc) is 3.27. The molecular weight excluding hydrogens is 412 g/mol. The lowest BCUT2D eigenvalue weighted by molar-refractivity contribution is 0.386. The highest BCUT2D eigenvalue weighted by atomic mass is 32.2. The van der Waals surface area contributed by atoms with Gasteiger partial charge in [0.15, 0.2) is 11.0 Å². The molecule has 0 saturated carbocycles. The number of aryl methyl sites for hydroxylation is 1. The highest BCUT2D eigenvalue weighted by molar-refractivity contribution is 7.98. The average molecular weight is 435 g/mol. The standard InChI is InChI=1S/C18H22N6O3S2/c1-22-17(19-20-18(22)28-4)16-14-11-24(10-9-15(14)23(2)21-16)29(25,26)13-7-5-12(27-3)6-8-13/h5-8H,9-11H2,1-4H3. The van der Waals surface area contributed by atoms with E-state index in [0.717, 1.165) is 16.4 Å². The van der Waals surface area contributed by atoms with E-state index in [1.165, 1.54) is 16.1 Å². The van der Waals surface area contributed by atoms with Gasteiger partial charge in [0.2, 0.25) is 10.0 Å². The summed E-state index contributed by atoms with van der Waals surface area (Å²) in [5.41, 5.74) is 2.57. The number of aromatic nitrogens is 5. The summed E-state index contributed by atoms with van der Waals surface area (Å²) in [7, 11) is 1.68. The van der Waals surface area contributed by atoms with Gasteiger partial charge >= 0.3 is 0 Å². The largest absolute Gasteiger partial charge is 0.497 e. The molecule has 1 aromatic carbocycles. The maximum atomic E-state index is 13.2. The molecule has 0 fully saturated rings. The maximum absolute atomic E-state index is 13.2. The molecule has 0 radical (unpaired) electrons. The van der Waals surface area contributed by atoms with E-state index in [1.54, 1.807) is 31.4 Å². The van der Waals surface area contributed by atoms with Gasteiger partial charge in [-0.3, -0.25) is 4.68 Å². The summed E-state index contributed by atoms with van der Waals surface area (Å²) in [5, 5.41) is 13.9. The van der Waals surface area contributed by atoms with Crippen LogP contribution in [0.1, 0.15) is 11.3 Å². The third kappa shape index (κ3) is 3.32. The van der Waals surface area contributed by atoms with Crippen molar-refractivity contribution >= 4 is 21.8 Å². The summed E-state index contributed by atoms with van der Waals surface area (Å²) in [5.74, 6) is 1.25. The lowest BCUT2D eigenvalue weighted by Gasteiger charge is -2.27. The van der Waals surface area contributed by atoms with Gasteiger partial charge in [-0.1, -0.05) is 11.8 Å². The molecule has 0 spiro atoms. The predicted octanol–water partition coefficient (Wildman–Crippen LogP) is 1.69. The molecule has 9 nitrogen and oxygen atoms in total. The van der Waals surface area contributed by atoms with Crippen LogP contribution in [-0.4, -0.2) is 57.2 Å². The number of thioether (sulfide) groups is 1. The van der Waals surface area contributed by atoms with Crippen LogP contribution in [0.5, 0.6) is 5.75 Å². The van der Waals surface area contributed by atoms with E-state index in [0.29, 0.717) is 30.2 Å². The first-order valence-corrected chi connectivity index (χ1v) is 11.7. The monoisotopic (exact) mass is 434 g/mol. The first-order chi connectivity index (χ1) is 13.9. The Bertz CT molecular complexity index is 1150. The SMILES string of the molecule is COc1ccc(S(=O)(=O)N2CCc3c(c(-c4nnc(SC)n4C)nn3C)C2)cc1. The van der Waals surface area contributed by atoms with E-state index < -0.39 is 10.0 Å². The molecule has 11 heteroatoms. The molecule has 0 N–H and O–H groups in total. The maximum Gasteiger partial charge on any atom is 0.243 e. The summed E-state index contributed by atoms with van der Waals surface area (Å²) in [6.07, 6.45) is 2.52. The zero-order valence-electron chi connectivity index (χ0n) is 16.7. The quantitative estimate of drug-likeness (QED) is 0.564. The highest BCUT2D eigenvalue weighted by Gasteiger charge is 2.33. The molecule has 0 bridgehead atoms. The van der Waals surface area contributed by atoms with Crippen LogP contribution in [0.2, 0.25) is 0 Å². The number of sulfonamides is 1. The molecule has 0 amide bonds. The molecule has 1 aliphatic rings. The zero-order chi connectivity index (χ0) is 20.8. The smallest absolute Gasteiger partial charge is 0.243 e. The van der Waals surface area contributed by atoms with E-state index in [4.69, 9.17) is 4.74 Å². The van der Waals surface area contributed by atoms with Gasteiger partial charge in [-0.15, -0.1) is 10.2 Å². The minimum atomic E-state index is -3.64. The summed E-state index contributed by atoms with van der Waals surface area (Å²) in [6, 6.07) is 6.45. The second-order valence-electron chi connectivity index (χ2n) is 6.73. The summed E-state index contributed by atoms with van der Waals surface area (Å²) in [6.45, 7) is 0.642. The third-order valence-corrected chi connectivity index (χ3v) is 7.71. The Kier molecular flexibility index (Phi) is 5.13. The van der Waals surface area contributed by atoms with Gasteiger partial charge in [0, 0.05) is 44.9 Å². The molecule has 0 saturated heterocycles. The molecular formula is C18H22N6O3S2. The van der Waals surface area contributed by atoms with Crippen LogP contribution in [0.4, 0.5) is 0 Å². The number of hydrogen-bond donors (Lipinski definition) is 0. The third-order valence-electron chi connectivity index (χ3n) is 5.13. The number of benzene rings is 1. The molecule has 3 aromatic rings. The minimum Gasteiger partial charge on any atom is -0.497 e. The molecule has 3 heterocycles. The summed E-state index contributed by atoms with van der Waals surface area (Å²) in [4.78, 5) is 0.246. The van der Waals surface area contributed by atoms with E-state index in [-0.39, 0.29) is 11.4 Å². The van der Waals surface area contributed by atoms with Crippen LogP contribution in [0.15, 0.2) is 34.3 Å². The van der Waals surface area contributed by atoms with E-state index in [2.05, 4.69) is 15.3 Å². The van der Waals surface area contributed by atoms with Crippen LogP contribution in [0.25, 0.3) is 11.5 Å². The van der Waals surface area contributed by atoms with Gasteiger partial charge in [-0.2, -0.15) is 9.40 Å². The Morgan fingerprint density at radius 2 is 1.86 bits per heavy atom. The van der Waals surface area contributed by atoms with E-state index in [1.807, 2.05) is 29.6 Å². The number of rotatable bonds is 5. The topological polar surface area (TPSA) is 95.1 Å². The molecule has 29 heavy (non-hydrogen) atoms. The van der Waals surface area contributed by atoms with E-state index >= 15 is 0 Å². The second kappa shape index (κ2) is 7.47. The van der Waals surface area contributed by atoms with Crippen molar-refractivity contribution in [3.63, 3.8) is 0 Å². The Morgan fingerprint density at radius 1 is 1.14 bits per heavy atom. The van der Waals surface area contributed by atoms with Gasteiger partial charge < -0.3 is 9.30 Å². The summed E-state index contributed by atoms with van der Waals surface area (Å²) >= 11 is 1.50. The van der Waals surface area contributed by atoms with Gasteiger partial charge in [0.1, 0.15) is 11.4 Å². The fourth-order valence-electron chi connectivity index (χ4n) is 3.55. The minimum absolute atomic E-state index is 0.244. The molecule has 4 rings (SSSR count). The Balaban J connectivity index is 1.71. The van der Waals surface area contributed by atoms with E-state index in [9.17, 15) is 8.42 Å². The number of fused-ring (bicyclic) bond motifs is 1. The first kappa shape index (κ1) is 19.9. The number of methoxy groups -OCH3 is 1. The predicted molar refractivity (Wildman–Crippen MR) is 109 cm³/mol. The Morgan fingerprint density at radius 3 is 2.48 bits per heavy atom. The van der Waals surface area contributed by atoms with Gasteiger partial charge in [0.05, 0.1) is 12.0 Å². The lowest BCUT2D eigenvalue weighted by Crippen LogP contribution is -2.36. The fraction of sp³-hybridized carbons (Fsp3) is 0.389. The van der Waals surface area contributed by atoms with Crippen molar-refractivity contribution < 1.29 is 13.2 Å². The molecule has 0 atom stereocenters. The van der Waals surface area contributed by atoms with Crippen molar-refractivity contribution in [3.05, 3.63) is 35.5 Å². The molecule has 154 valence electrons. The van der Waals surface area contributed by atoms with Crippen molar-refractivity contribution in [1.82, 2.24) is 28.9 Å². The number of ether oxygens (including phenoxy) is 1. The Labute approximate surface area is 173 Å². The van der Waals surface area contributed by atoms with Crippen LogP contribution < -0.4 is 4.74 Å². The zero-order valence-corrected chi connectivity index (χ0v) is 18.3. The van der Waals surface area contributed by atoms with Crippen molar-refractivity contribution in [2.45, 2.75) is 23.0 Å². The number of hydrogen-bond acceptors (Lipinski definition) is 7. The first-order valence-electron chi connectivity index (χ1n) is 8.99.